The number of hydrogen-bond donors (Lipinski definition) is 0. The maximum atomic E-state index is 13.4. The monoisotopic (exact) mass is 380 g/mol. The smallest absolute Gasteiger partial charge is 0.226 e. The number of hydrogen-bond acceptors (Lipinski definition) is 3. The van der Waals surface area contributed by atoms with E-state index in [9.17, 15) is 8.42 Å². The van der Waals surface area contributed by atoms with Crippen molar-refractivity contribution >= 4 is 9.84 Å². The number of rotatable bonds is 4. The summed E-state index contributed by atoms with van der Waals surface area (Å²) in [5.74, 6) is 0. The molecular formula is C22H24N2O2S. The zero-order chi connectivity index (χ0) is 18.9. The van der Waals surface area contributed by atoms with E-state index in [0.29, 0.717) is 16.6 Å². The van der Waals surface area contributed by atoms with E-state index in [1.165, 1.54) is 19.3 Å². The van der Waals surface area contributed by atoms with Crippen LogP contribution in [0.25, 0.3) is 11.3 Å². The molecule has 5 heteroatoms. The molecule has 1 saturated carbocycles. The lowest BCUT2D eigenvalue weighted by atomic mass is 9.95. The molecule has 1 aliphatic carbocycles. The van der Waals surface area contributed by atoms with Crippen LogP contribution in [0, 0.1) is 6.92 Å². The van der Waals surface area contributed by atoms with Crippen molar-refractivity contribution in [2.24, 2.45) is 0 Å². The van der Waals surface area contributed by atoms with Gasteiger partial charge < -0.3 is 4.57 Å². The van der Waals surface area contributed by atoms with Gasteiger partial charge in [0.2, 0.25) is 9.84 Å². The van der Waals surface area contributed by atoms with E-state index < -0.39 is 9.84 Å². The van der Waals surface area contributed by atoms with Crippen molar-refractivity contribution in [2.75, 3.05) is 0 Å². The van der Waals surface area contributed by atoms with Crippen LogP contribution < -0.4 is 0 Å². The Morgan fingerprint density at radius 3 is 2.26 bits per heavy atom. The maximum Gasteiger partial charge on any atom is 0.226 e. The second-order valence-electron chi connectivity index (χ2n) is 7.28. The molecule has 0 atom stereocenters. The molecule has 0 spiro atoms. The first-order valence-electron chi connectivity index (χ1n) is 9.51. The summed E-state index contributed by atoms with van der Waals surface area (Å²) in [7, 11) is -3.68. The molecule has 1 heterocycles. The molecule has 0 unspecified atom stereocenters. The zero-order valence-electron chi connectivity index (χ0n) is 15.5. The minimum Gasteiger partial charge on any atom is -0.326 e. The SMILES string of the molecule is Cc1ccc(S(=O)(=O)c2ncn(C3CCCCC3)c2-c2ccccc2)cc1. The lowest BCUT2D eigenvalue weighted by Gasteiger charge is -2.25. The Hall–Kier alpha value is -2.40. The lowest BCUT2D eigenvalue weighted by Crippen LogP contribution is -2.14. The van der Waals surface area contributed by atoms with Crippen LogP contribution in [0.4, 0.5) is 0 Å². The van der Waals surface area contributed by atoms with Gasteiger partial charge in [-0.15, -0.1) is 0 Å². The van der Waals surface area contributed by atoms with Crippen molar-refractivity contribution in [1.29, 1.82) is 0 Å². The second kappa shape index (κ2) is 7.31. The summed E-state index contributed by atoms with van der Waals surface area (Å²) in [6.07, 6.45) is 7.47. The minimum atomic E-state index is -3.68. The Balaban J connectivity index is 1.88. The second-order valence-corrected chi connectivity index (χ2v) is 9.14. The normalized spacial score (nSPS) is 15.7. The van der Waals surface area contributed by atoms with E-state index in [4.69, 9.17) is 0 Å². The van der Waals surface area contributed by atoms with Crippen molar-refractivity contribution in [1.82, 2.24) is 9.55 Å². The summed E-state index contributed by atoms with van der Waals surface area (Å²) < 4.78 is 28.8. The number of imidazole rings is 1. The largest absolute Gasteiger partial charge is 0.326 e. The molecule has 0 amide bonds. The first-order chi connectivity index (χ1) is 13.1. The molecule has 1 aromatic heterocycles. The van der Waals surface area contributed by atoms with Crippen molar-refractivity contribution < 1.29 is 8.42 Å². The standard InChI is InChI=1S/C22H24N2O2S/c1-17-12-14-20(15-13-17)27(25,26)22-21(18-8-4-2-5-9-18)24(16-23-22)19-10-6-3-7-11-19/h2,4-5,8-9,12-16,19H,3,6-7,10-11H2,1H3. The first-order valence-corrected chi connectivity index (χ1v) is 11.0. The van der Waals surface area contributed by atoms with E-state index in [2.05, 4.69) is 9.55 Å². The summed E-state index contributed by atoms with van der Waals surface area (Å²) in [5.41, 5.74) is 2.64. The summed E-state index contributed by atoms with van der Waals surface area (Å²) in [6.45, 7) is 1.95. The van der Waals surface area contributed by atoms with Gasteiger partial charge in [0.25, 0.3) is 0 Å². The van der Waals surface area contributed by atoms with Gasteiger partial charge in [-0.05, 0) is 31.9 Å². The number of benzene rings is 2. The molecular weight excluding hydrogens is 356 g/mol. The topological polar surface area (TPSA) is 52.0 Å². The Kier molecular flexibility index (Phi) is 4.87. The molecule has 4 nitrogen and oxygen atoms in total. The Labute approximate surface area is 160 Å². The van der Waals surface area contributed by atoms with Gasteiger partial charge in [0.15, 0.2) is 5.03 Å². The molecule has 0 aliphatic heterocycles. The highest BCUT2D eigenvalue weighted by molar-refractivity contribution is 7.91. The van der Waals surface area contributed by atoms with Crippen LogP contribution in [0.15, 0.2) is 70.8 Å². The molecule has 1 aliphatic rings. The van der Waals surface area contributed by atoms with Crippen molar-refractivity contribution in [3.63, 3.8) is 0 Å². The van der Waals surface area contributed by atoms with Gasteiger partial charge in [-0.2, -0.15) is 0 Å². The molecule has 0 saturated heterocycles. The fourth-order valence-corrected chi connectivity index (χ4v) is 5.26. The van der Waals surface area contributed by atoms with E-state index >= 15 is 0 Å². The maximum absolute atomic E-state index is 13.4. The summed E-state index contributed by atoms with van der Waals surface area (Å²) in [5, 5.41) is 0.156. The van der Waals surface area contributed by atoms with Crippen LogP contribution in [0.5, 0.6) is 0 Å². The number of aryl methyl sites for hydroxylation is 1. The van der Waals surface area contributed by atoms with Gasteiger partial charge in [0.1, 0.15) is 0 Å². The van der Waals surface area contributed by atoms with Crippen LogP contribution in [-0.2, 0) is 9.84 Å². The van der Waals surface area contributed by atoms with Crippen molar-refractivity contribution in [2.45, 2.75) is 55.0 Å². The van der Waals surface area contributed by atoms with Crippen molar-refractivity contribution in [3.05, 3.63) is 66.5 Å². The molecule has 0 bridgehead atoms. The average Bonchev–Trinajstić information content (AvgIpc) is 3.16. The number of sulfone groups is 1. The Bertz CT molecular complexity index is 1020. The number of nitrogens with zero attached hydrogens (tertiary/aromatic N) is 2. The fourth-order valence-electron chi connectivity index (χ4n) is 3.87. The highest BCUT2D eigenvalue weighted by atomic mass is 32.2. The predicted octanol–water partition coefficient (Wildman–Crippen LogP) is 5.20. The summed E-state index contributed by atoms with van der Waals surface area (Å²) in [6, 6.07) is 17.0. The predicted molar refractivity (Wildman–Crippen MR) is 106 cm³/mol. The third kappa shape index (κ3) is 3.44. The molecule has 27 heavy (non-hydrogen) atoms. The molecule has 0 radical (unpaired) electrons. The van der Waals surface area contributed by atoms with Gasteiger partial charge in [0.05, 0.1) is 16.9 Å². The molecule has 0 N–H and O–H groups in total. The van der Waals surface area contributed by atoms with Crippen LogP contribution >= 0.6 is 0 Å². The highest BCUT2D eigenvalue weighted by Gasteiger charge is 2.29. The fraction of sp³-hybridized carbons (Fsp3) is 0.318. The van der Waals surface area contributed by atoms with E-state index in [1.54, 1.807) is 18.5 Å². The van der Waals surface area contributed by atoms with Gasteiger partial charge in [-0.25, -0.2) is 13.4 Å². The molecule has 3 aromatic rings. The Morgan fingerprint density at radius 2 is 1.59 bits per heavy atom. The van der Waals surface area contributed by atoms with Gasteiger partial charge in [-0.1, -0.05) is 67.3 Å². The summed E-state index contributed by atoms with van der Waals surface area (Å²) in [4.78, 5) is 4.70. The molecule has 4 rings (SSSR count). The zero-order valence-corrected chi connectivity index (χ0v) is 16.3. The van der Waals surface area contributed by atoms with E-state index in [-0.39, 0.29) is 5.03 Å². The first kappa shape index (κ1) is 18.0. The van der Waals surface area contributed by atoms with E-state index in [1.807, 2.05) is 49.4 Å². The van der Waals surface area contributed by atoms with Crippen LogP contribution in [0.2, 0.25) is 0 Å². The van der Waals surface area contributed by atoms with E-state index in [0.717, 1.165) is 24.0 Å². The quantitative estimate of drug-likeness (QED) is 0.625. The Morgan fingerprint density at radius 1 is 0.926 bits per heavy atom. The van der Waals surface area contributed by atoms with Crippen LogP contribution in [0.1, 0.15) is 43.7 Å². The average molecular weight is 381 g/mol. The van der Waals surface area contributed by atoms with Gasteiger partial charge in [0, 0.05) is 11.6 Å². The minimum absolute atomic E-state index is 0.156. The molecule has 1 fully saturated rings. The highest BCUT2D eigenvalue weighted by Crippen LogP contribution is 2.37. The van der Waals surface area contributed by atoms with Gasteiger partial charge in [-0.3, -0.25) is 0 Å². The van der Waals surface area contributed by atoms with Crippen LogP contribution in [-0.4, -0.2) is 18.0 Å². The summed E-state index contributed by atoms with van der Waals surface area (Å²) >= 11 is 0. The third-order valence-electron chi connectivity index (χ3n) is 5.36. The van der Waals surface area contributed by atoms with Crippen molar-refractivity contribution in [3.8, 4) is 11.3 Å². The lowest BCUT2D eigenvalue weighted by molar-refractivity contribution is 0.355. The number of aromatic nitrogens is 2. The molecule has 140 valence electrons. The van der Waals surface area contributed by atoms with Gasteiger partial charge >= 0.3 is 0 Å². The molecule has 2 aromatic carbocycles. The third-order valence-corrected chi connectivity index (χ3v) is 7.06. The van der Waals surface area contributed by atoms with Crippen LogP contribution in [0.3, 0.4) is 0 Å².